The number of hydrogen-bond donors (Lipinski definition) is 0. The number of carbonyl (C=O) groups is 1. The van der Waals surface area contributed by atoms with E-state index in [9.17, 15) is 9.59 Å². The summed E-state index contributed by atoms with van der Waals surface area (Å²) in [5.41, 5.74) is 3.03. The fourth-order valence-corrected chi connectivity index (χ4v) is 4.19. The number of thiazole rings is 1. The zero-order chi connectivity index (χ0) is 17.4. The molecule has 3 aromatic rings. The van der Waals surface area contributed by atoms with Gasteiger partial charge in [0.2, 0.25) is 5.91 Å². The van der Waals surface area contributed by atoms with E-state index in [0.29, 0.717) is 6.54 Å². The smallest absolute Gasteiger partial charge is 0.307 e. The fraction of sp³-hybridized carbons (Fsp3) is 0.263. The van der Waals surface area contributed by atoms with Crippen LogP contribution >= 0.6 is 11.3 Å². The van der Waals surface area contributed by atoms with Crippen LogP contribution in [0.25, 0.3) is 0 Å². The van der Waals surface area contributed by atoms with Crippen LogP contribution in [0.1, 0.15) is 23.0 Å². The van der Waals surface area contributed by atoms with E-state index in [2.05, 4.69) is 29.0 Å². The van der Waals surface area contributed by atoms with Gasteiger partial charge in [-0.05, 0) is 24.6 Å². The number of rotatable bonds is 3. The van der Waals surface area contributed by atoms with Gasteiger partial charge in [-0.25, -0.2) is 0 Å². The Morgan fingerprint density at radius 1 is 1.16 bits per heavy atom. The summed E-state index contributed by atoms with van der Waals surface area (Å²) in [5, 5.41) is 1.80. The van der Waals surface area contributed by atoms with E-state index in [0.717, 1.165) is 34.8 Å². The molecule has 6 heteroatoms. The molecule has 0 radical (unpaired) electrons. The lowest BCUT2D eigenvalue weighted by molar-refractivity contribution is -0.134. The van der Waals surface area contributed by atoms with E-state index >= 15 is 0 Å². The van der Waals surface area contributed by atoms with Crippen molar-refractivity contribution in [3.8, 4) is 0 Å². The number of carbonyl (C=O) groups excluding carboxylic acids is 1. The Morgan fingerprint density at radius 2 is 1.96 bits per heavy atom. The second kappa shape index (κ2) is 6.37. The molecule has 1 atom stereocenters. The van der Waals surface area contributed by atoms with Gasteiger partial charge in [-0.3, -0.25) is 14.2 Å². The van der Waals surface area contributed by atoms with Gasteiger partial charge in [0.25, 0.3) is 0 Å². The third kappa shape index (κ3) is 2.82. The molecular weight excluding hydrogens is 334 g/mol. The topological polar surface area (TPSA) is 47.2 Å². The molecule has 0 N–H and O–H groups in total. The number of benzene rings is 1. The molecule has 0 aliphatic carbocycles. The Bertz CT molecular complexity index is 954. The van der Waals surface area contributed by atoms with E-state index in [-0.39, 0.29) is 23.4 Å². The lowest BCUT2D eigenvalue weighted by Gasteiger charge is -2.37. The van der Waals surface area contributed by atoms with Gasteiger partial charge in [0.05, 0.1) is 6.04 Å². The van der Waals surface area contributed by atoms with E-state index in [4.69, 9.17) is 0 Å². The van der Waals surface area contributed by atoms with Crippen molar-refractivity contribution in [2.45, 2.75) is 26.1 Å². The van der Waals surface area contributed by atoms with Crippen LogP contribution in [0.3, 0.4) is 0 Å². The number of fused-ring (bicyclic) bond motifs is 1. The van der Waals surface area contributed by atoms with Crippen molar-refractivity contribution in [3.05, 3.63) is 80.7 Å². The van der Waals surface area contributed by atoms with Gasteiger partial charge in [0.15, 0.2) is 0 Å². The van der Waals surface area contributed by atoms with Crippen molar-refractivity contribution < 1.29 is 4.79 Å². The first-order chi connectivity index (χ1) is 12.1. The minimum atomic E-state index is -0.118. The Kier molecular flexibility index (Phi) is 4.05. The van der Waals surface area contributed by atoms with Crippen LogP contribution in [0.4, 0.5) is 0 Å². The highest BCUT2D eigenvalue weighted by Crippen LogP contribution is 2.32. The standard InChI is InChI=1S/C19H19N3O2S/c1-14-13-25-19(24)22(14)12-17(23)21-11-10-20-9-5-8-16(20)18(21)15-6-3-2-4-7-15/h2-9,13,18H,10-12H2,1H3. The van der Waals surface area contributed by atoms with E-state index < -0.39 is 0 Å². The summed E-state index contributed by atoms with van der Waals surface area (Å²) >= 11 is 1.14. The molecule has 1 aromatic carbocycles. The normalized spacial score (nSPS) is 16.7. The van der Waals surface area contributed by atoms with Crippen LogP contribution in [0.15, 0.2) is 58.8 Å². The maximum atomic E-state index is 13.0. The molecule has 1 aliphatic heterocycles. The summed E-state index contributed by atoms with van der Waals surface area (Å²) in [7, 11) is 0. The first-order valence-electron chi connectivity index (χ1n) is 8.29. The molecule has 25 heavy (non-hydrogen) atoms. The molecule has 128 valence electrons. The molecule has 0 bridgehead atoms. The molecule has 5 nitrogen and oxygen atoms in total. The molecule has 1 aliphatic rings. The van der Waals surface area contributed by atoms with Gasteiger partial charge in [-0.15, -0.1) is 0 Å². The Hall–Kier alpha value is -2.60. The number of aryl methyl sites for hydroxylation is 1. The lowest BCUT2D eigenvalue weighted by Crippen LogP contribution is -2.44. The fourth-order valence-electron chi connectivity index (χ4n) is 3.46. The van der Waals surface area contributed by atoms with Crippen molar-refractivity contribution in [1.29, 1.82) is 0 Å². The number of aromatic nitrogens is 2. The van der Waals surface area contributed by atoms with Gasteiger partial charge in [0, 0.05) is 36.1 Å². The van der Waals surface area contributed by atoms with Crippen LogP contribution in [-0.2, 0) is 17.9 Å². The largest absolute Gasteiger partial charge is 0.348 e. The summed E-state index contributed by atoms with van der Waals surface area (Å²) < 4.78 is 3.76. The van der Waals surface area contributed by atoms with Crippen molar-refractivity contribution in [2.75, 3.05) is 6.54 Å². The second-order valence-corrected chi connectivity index (χ2v) is 7.08. The molecule has 2 aromatic heterocycles. The minimum absolute atomic E-state index is 0.0232. The number of hydrogen-bond acceptors (Lipinski definition) is 3. The van der Waals surface area contributed by atoms with E-state index in [1.54, 1.807) is 9.95 Å². The van der Waals surface area contributed by atoms with Crippen LogP contribution in [-0.4, -0.2) is 26.5 Å². The molecule has 4 rings (SSSR count). The van der Waals surface area contributed by atoms with E-state index in [1.807, 2.05) is 36.1 Å². The molecule has 0 saturated heterocycles. The zero-order valence-electron chi connectivity index (χ0n) is 14.0. The Labute approximate surface area is 149 Å². The molecule has 0 fully saturated rings. The first kappa shape index (κ1) is 15.9. The molecular formula is C19H19N3O2S. The summed E-state index contributed by atoms with van der Waals surface area (Å²) in [6, 6.07) is 14.0. The SMILES string of the molecule is Cc1csc(=O)n1CC(=O)N1CCn2cccc2C1c1ccccc1. The van der Waals surface area contributed by atoms with Crippen LogP contribution in [0.2, 0.25) is 0 Å². The third-order valence-electron chi connectivity index (χ3n) is 4.74. The summed E-state index contributed by atoms with van der Waals surface area (Å²) in [4.78, 5) is 26.8. The predicted octanol–water partition coefficient (Wildman–Crippen LogP) is 2.65. The summed E-state index contributed by atoms with van der Waals surface area (Å²) in [6.45, 7) is 3.37. The quantitative estimate of drug-likeness (QED) is 0.727. The van der Waals surface area contributed by atoms with Crippen LogP contribution in [0, 0.1) is 6.92 Å². The lowest BCUT2D eigenvalue weighted by atomic mass is 10.00. The van der Waals surface area contributed by atoms with E-state index in [1.165, 1.54) is 0 Å². The van der Waals surface area contributed by atoms with Crippen LogP contribution in [0.5, 0.6) is 0 Å². The third-order valence-corrected chi connectivity index (χ3v) is 5.62. The molecule has 3 heterocycles. The molecule has 0 saturated carbocycles. The highest BCUT2D eigenvalue weighted by Gasteiger charge is 2.32. The van der Waals surface area contributed by atoms with Gasteiger partial charge in [0.1, 0.15) is 6.54 Å². The number of amides is 1. The van der Waals surface area contributed by atoms with Gasteiger partial charge in [-0.1, -0.05) is 41.7 Å². The zero-order valence-corrected chi connectivity index (χ0v) is 14.8. The first-order valence-corrected chi connectivity index (χ1v) is 9.17. The van der Waals surface area contributed by atoms with Gasteiger partial charge >= 0.3 is 4.87 Å². The Balaban J connectivity index is 1.70. The van der Waals surface area contributed by atoms with Crippen LogP contribution < -0.4 is 4.87 Å². The van der Waals surface area contributed by atoms with Crippen molar-refractivity contribution >= 4 is 17.2 Å². The van der Waals surface area contributed by atoms with Crippen molar-refractivity contribution in [2.24, 2.45) is 0 Å². The Morgan fingerprint density at radius 3 is 2.68 bits per heavy atom. The molecule has 0 spiro atoms. The highest BCUT2D eigenvalue weighted by molar-refractivity contribution is 7.07. The van der Waals surface area contributed by atoms with Crippen molar-refractivity contribution in [1.82, 2.24) is 14.0 Å². The average molecular weight is 353 g/mol. The summed E-state index contributed by atoms with van der Waals surface area (Å²) in [6.07, 6.45) is 2.06. The molecule has 1 amide bonds. The maximum Gasteiger partial charge on any atom is 0.307 e. The molecule has 1 unspecified atom stereocenters. The number of nitrogens with zero attached hydrogens (tertiary/aromatic N) is 3. The monoisotopic (exact) mass is 353 g/mol. The minimum Gasteiger partial charge on any atom is -0.348 e. The van der Waals surface area contributed by atoms with Crippen molar-refractivity contribution in [3.63, 3.8) is 0 Å². The van der Waals surface area contributed by atoms with Gasteiger partial charge < -0.3 is 9.47 Å². The average Bonchev–Trinajstić information content (AvgIpc) is 3.23. The highest BCUT2D eigenvalue weighted by atomic mass is 32.1. The second-order valence-electron chi connectivity index (χ2n) is 6.26. The van der Waals surface area contributed by atoms with Gasteiger partial charge in [-0.2, -0.15) is 0 Å². The summed E-state index contributed by atoms with van der Waals surface area (Å²) in [5.74, 6) is -0.0232. The maximum absolute atomic E-state index is 13.0. The predicted molar refractivity (Wildman–Crippen MR) is 97.7 cm³/mol.